The van der Waals surface area contributed by atoms with Gasteiger partial charge in [0.1, 0.15) is 11.9 Å². The van der Waals surface area contributed by atoms with Crippen LogP contribution in [0.1, 0.15) is 62.1 Å². The lowest BCUT2D eigenvalue weighted by Gasteiger charge is -2.30. The number of hydrogen-bond donors (Lipinski definition) is 1. The van der Waals surface area contributed by atoms with Crippen LogP contribution in [0, 0.1) is 19.7 Å². The number of aryl methyl sites for hydroxylation is 1. The Balaban J connectivity index is 1.73. The summed E-state index contributed by atoms with van der Waals surface area (Å²) in [6.45, 7) is 5.80. The molecule has 0 saturated heterocycles. The summed E-state index contributed by atoms with van der Waals surface area (Å²) in [6, 6.07) is 10.8. The van der Waals surface area contributed by atoms with Crippen molar-refractivity contribution in [3.63, 3.8) is 0 Å². The van der Waals surface area contributed by atoms with E-state index in [-0.39, 0.29) is 49.6 Å². The maximum Gasteiger partial charge on any atom is 0.242 e. The van der Waals surface area contributed by atoms with E-state index >= 15 is 0 Å². The van der Waals surface area contributed by atoms with Crippen LogP contribution in [0.2, 0.25) is 0 Å². The topological polar surface area (TPSA) is 86.8 Å². The first-order chi connectivity index (χ1) is 17.5. The van der Waals surface area contributed by atoms with Gasteiger partial charge in [0.15, 0.2) is 0 Å². The third-order valence-corrected chi connectivity index (χ3v) is 8.31. The summed E-state index contributed by atoms with van der Waals surface area (Å²) >= 11 is 0. The van der Waals surface area contributed by atoms with Crippen molar-refractivity contribution in [2.75, 3.05) is 17.1 Å². The van der Waals surface area contributed by atoms with Crippen molar-refractivity contribution in [2.45, 2.75) is 77.9 Å². The number of amides is 2. The summed E-state index contributed by atoms with van der Waals surface area (Å²) in [5, 5.41) is 3.06. The van der Waals surface area contributed by atoms with Crippen molar-refractivity contribution >= 4 is 27.5 Å². The lowest BCUT2D eigenvalue weighted by atomic mass is 10.1. The number of anilines is 1. The molecule has 1 aliphatic carbocycles. The van der Waals surface area contributed by atoms with Crippen molar-refractivity contribution < 1.29 is 22.4 Å². The molecule has 2 amide bonds. The minimum absolute atomic E-state index is 0.0686. The molecule has 1 N–H and O–H groups in total. The third kappa shape index (κ3) is 7.77. The molecule has 2 aromatic rings. The lowest BCUT2D eigenvalue weighted by Crippen LogP contribution is -2.49. The molecule has 1 fully saturated rings. The van der Waals surface area contributed by atoms with Crippen molar-refractivity contribution in [1.29, 1.82) is 0 Å². The van der Waals surface area contributed by atoms with Crippen LogP contribution in [0.5, 0.6) is 0 Å². The van der Waals surface area contributed by atoms with E-state index in [4.69, 9.17) is 0 Å². The van der Waals surface area contributed by atoms with E-state index in [9.17, 15) is 22.4 Å². The van der Waals surface area contributed by atoms with Crippen LogP contribution in [0.3, 0.4) is 0 Å². The Morgan fingerprint density at radius 3 is 2.35 bits per heavy atom. The van der Waals surface area contributed by atoms with Crippen molar-refractivity contribution in [1.82, 2.24) is 10.2 Å². The fraction of sp³-hybridized carbons (Fsp3) is 0.500. The van der Waals surface area contributed by atoms with E-state index in [1.54, 1.807) is 25.1 Å². The van der Waals surface area contributed by atoms with Crippen LogP contribution in [0.25, 0.3) is 0 Å². The maximum atomic E-state index is 13.4. The zero-order chi connectivity index (χ0) is 27.2. The van der Waals surface area contributed by atoms with Crippen molar-refractivity contribution in [3.8, 4) is 0 Å². The monoisotopic (exact) mass is 531 g/mol. The van der Waals surface area contributed by atoms with Crippen LogP contribution in [-0.2, 0) is 26.2 Å². The Morgan fingerprint density at radius 1 is 1.08 bits per heavy atom. The molecule has 7 nitrogen and oxygen atoms in total. The zero-order valence-corrected chi connectivity index (χ0v) is 23.0. The molecule has 1 atom stereocenters. The second kappa shape index (κ2) is 12.5. The van der Waals surface area contributed by atoms with Gasteiger partial charge in [0.05, 0.1) is 11.9 Å². The molecular weight excluding hydrogens is 493 g/mol. The molecule has 0 aromatic heterocycles. The van der Waals surface area contributed by atoms with Gasteiger partial charge in [-0.2, -0.15) is 0 Å². The Bertz CT molecular complexity index is 1190. The van der Waals surface area contributed by atoms with E-state index < -0.39 is 16.1 Å². The largest absolute Gasteiger partial charge is 0.352 e. The molecule has 0 heterocycles. The summed E-state index contributed by atoms with van der Waals surface area (Å²) in [7, 11) is -3.56. The van der Waals surface area contributed by atoms with Crippen molar-refractivity contribution in [2.24, 2.45) is 0 Å². The number of sulfonamides is 1. The molecule has 0 aliphatic heterocycles. The first-order valence-corrected chi connectivity index (χ1v) is 14.7. The van der Waals surface area contributed by atoms with Gasteiger partial charge in [-0.15, -0.1) is 0 Å². The normalized spacial score (nSPS) is 14.8. The molecule has 0 bridgehead atoms. The Hall–Kier alpha value is -2.94. The molecule has 1 unspecified atom stereocenters. The lowest BCUT2D eigenvalue weighted by molar-refractivity contribution is -0.141. The number of nitrogens with one attached hydrogen (secondary N) is 1. The van der Waals surface area contributed by atoms with E-state index in [0.29, 0.717) is 11.3 Å². The van der Waals surface area contributed by atoms with Gasteiger partial charge in [-0.3, -0.25) is 13.9 Å². The third-order valence-electron chi connectivity index (χ3n) is 7.13. The molecule has 0 spiro atoms. The van der Waals surface area contributed by atoms with Gasteiger partial charge in [-0.1, -0.05) is 37.1 Å². The highest BCUT2D eigenvalue weighted by molar-refractivity contribution is 7.92. The van der Waals surface area contributed by atoms with Crippen LogP contribution >= 0.6 is 0 Å². The Kier molecular flexibility index (Phi) is 9.70. The van der Waals surface area contributed by atoms with Crippen LogP contribution in [0.15, 0.2) is 42.5 Å². The van der Waals surface area contributed by atoms with Gasteiger partial charge in [-0.05, 0) is 74.9 Å². The average Bonchev–Trinajstić information content (AvgIpc) is 3.35. The molecule has 3 rings (SSSR count). The fourth-order valence-corrected chi connectivity index (χ4v) is 5.77. The molecule has 9 heteroatoms. The minimum Gasteiger partial charge on any atom is -0.352 e. The summed E-state index contributed by atoms with van der Waals surface area (Å²) in [4.78, 5) is 27.9. The number of nitrogens with zero attached hydrogens (tertiary/aromatic N) is 2. The molecule has 2 aromatic carbocycles. The van der Waals surface area contributed by atoms with E-state index in [0.717, 1.165) is 43.1 Å². The first-order valence-electron chi connectivity index (χ1n) is 12.9. The molecule has 37 heavy (non-hydrogen) atoms. The predicted octanol–water partition coefficient (Wildman–Crippen LogP) is 4.46. The number of benzene rings is 2. The first kappa shape index (κ1) is 28.6. The summed E-state index contributed by atoms with van der Waals surface area (Å²) in [5.74, 6) is -0.843. The van der Waals surface area contributed by atoms with Gasteiger partial charge in [0.25, 0.3) is 0 Å². The van der Waals surface area contributed by atoms with Crippen LogP contribution < -0.4 is 9.62 Å². The number of rotatable bonds is 11. The standard InChI is InChI=1S/C28H38FN3O4S/c1-20-9-7-12-26(21(20)2)32(37(4,35)36)18-8-13-27(33)31(19-23-14-16-24(29)17-15-23)22(3)28(34)30-25-10-5-6-11-25/h7,9,12,14-17,22,25H,5-6,8,10-11,13,18-19H2,1-4H3,(H,30,34). The molecule has 0 radical (unpaired) electrons. The van der Waals surface area contributed by atoms with Crippen LogP contribution in [0.4, 0.5) is 10.1 Å². The van der Waals surface area contributed by atoms with Gasteiger partial charge in [-0.25, -0.2) is 12.8 Å². The molecule has 202 valence electrons. The highest BCUT2D eigenvalue weighted by Gasteiger charge is 2.29. The average molecular weight is 532 g/mol. The van der Waals surface area contributed by atoms with E-state index in [1.807, 2.05) is 26.0 Å². The summed E-state index contributed by atoms with van der Waals surface area (Å²) < 4.78 is 39.9. The highest BCUT2D eigenvalue weighted by Crippen LogP contribution is 2.26. The molecule has 1 saturated carbocycles. The van der Waals surface area contributed by atoms with Gasteiger partial charge in [0.2, 0.25) is 21.8 Å². The predicted molar refractivity (Wildman–Crippen MR) is 144 cm³/mol. The Labute approximate surface area is 220 Å². The van der Waals surface area contributed by atoms with Crippen molar-refractivity contribution in [3.05, 3.63) is 65.0 Å². The summed E-state index contributed by atoms with van der Waals surface area (Å²) in [6.07, 6.45) is 5.54. The highest BCUT2D eigenvalue weighted by atomic mass is 32.2. The number of carbonyl (C=O) groups excluding carboxylic acids is 2. The van der Waals surface area contributed by atoms with Gasteiger partial charge >= 0.3 is 0 Å². The minimum atomic E-state index is -3.56. The second-order valence-corrected chi connectivity index (χ2v) is 11.9. The number of halogens is 1. The van der Waals surface area contributed by atoms with Gasteiger partial charge in [0, 0.05) is 25.6 Å². The maximum absolute atomic E-state index is 13.4. The smallest absolute Gasteiger partial charge is 0.242 e. The SMILES string of the molecule is Cc1cccc(N(CCCC(=O)N(Cc2ccc(F)cc2)C(C)C(=O)NC2CCCC2)S(C)(=O)=O)c1C. The zero-order valence-electron chi connectivity index (χ0n) is 22.2. The summed E-state index contributed by atoms with van der Waals surface area (Å²) in [5.41, 5.74) is 3.16. The van der Waals surface area contributed by atoms with Gasteiger partial charge < -0.3 is 10.2 Å². The molecule has 1 aliphatic rings. The second-order valence-electron chi connectivity index (χ2n) is 9.97. The number of carbonyl (C=O) groups is 2. The quantitative estimate of drug-likeness (QED) is 0.464. The fourth-order valence-electron chi connectivity index (χ4n) is 4.75. The molecular formula is C28H38FN3O4S. The Morgan fingerprint density at radius 2 is 1.73 bits per heavy atom. The number of hydrogen-bond acceptors (Lipinski definition) is 4. The van der Waals surface area contributed by atoms with Crippen LogP contribution in [-0.4, -0.2) is 50.0 Å². The van der Waals surface area contributed by atoms with E-state index in [2.05, 4.69) is 5.32 Å². The van der Waals surface area contributed by atoms with E-state index in [1.165, 1.54) is 21.3 Å².